The quantitative estimate of drug-likeness (QED) is 0.764. The van der Waals surface area contributed by atoms with E-state index in [4.69, 9.17) is 5.26 Å². The molecule has 15 heavy (non-hydrogen) atoms. The number of nitrogens with zero attached hydrogens (tertiary/aromatic N) is 2. The smallest absolute Gasteiger partial charge is 0.0672 e. The second kappa shape index (κ2) is 6.09. The average Bonchev–Trinajstić information content (AvgIpc) is 2.26. The molecule has 1 aliphatic carbocycles. The first-order chi connectivity index (χ1) is 7.15. The van der Waals surface area contributed by atoms with E-state index < -0.39 is 0 Å². The molecule has 0 aromatic rings. The summed E-state index contributed by atoms with van der Waals surface area (Å²) in [7, 11) is 4.18. The number of hydrogen-bond acceptors (Lipinski definition) is 3. The van der Waals surface area contributed by atoms with E-state index in [9.17, 15) is 0 Å². The zero-order valence-electron chi connectivity index (χ0n) is 10.2. The van der Waals surface area contributed by atoms with Crippen molar-refractivity contribution in [1.82, 2.24) is 10.2 Å². The van der Waals surface area contributed by atoms with Crippen molar-refractivity contribution in [3.63, 3.8) is 0 Å². The van der Waals surface area contributed by atoms with Crippen LogP contribution in [0.4, 0.5) is 0 Å². The minimum absolute atomic E-state index is 0.230. The second-order valence-corrected chi connectivity index (χ2v) is 4.85. The maximum atomic E-state index is 9.04. The van der Waals surface area contributed by atoms with Gasteiger partial charge in [-0.3, -0.25) is 0 Å². The van der Waals surface area contributed by atoms with Gasteiger partial charge >= 0.3 is 0 Å². The van der Waals surface area contributed by atoms with Crippen molar-refractivity contribution in [1.29, 1.82) is 5.26 Å². The fraction of sp³-hybridized carbons (Fsp3) is 0.917. The van der Waals surface area contributed by atoms with Crippen LogP contribution in [0, 0.1) is 17.2 Å². The van der Waals surface area contributed by atoms with Crippen LogP contribution in [0.15, 0.2) is 0 Å². The highest BCUT2D eigenvalue weighted by molar-refractivity contribution is 4.94. The molecule has 1 N–H and O–H groups in total. The number of rotatable bonds is 4. The normalized spacial score (nSPS) is 28.7. The van der Waals surface area contributed by atoms with Crippen molar-refractivity contribution in [2.24, 2.45) is 5.92 Å². The van der Waals surface area contributed by atoms with Crippen molar-refractivity contribution >= 4 is 0 Å². The zero-order valence-corrected chi connectivity index (χ0v) is 10.2. The Morgan fingerprint density at radius 3 is 2.67 bits per heavy atom. The lowest BCUT2D eigenvalue weighted by atomic mass is 9.85. The van der Waals surface area contributed by atoms with E-state index in [1.807, 2.05) is 0 Å². The predicted octanol–water partition coefficient (Wildman–Crippen LogP) is 1.61. The van der Waals surface area contributed by atoms with Gasteiger partial charge in [0.25, 0.3) is 0 Å². The van der Waals surface area contributed by atoms with Crippen molar-refractivity contribution in [3.05, 3.63) is 0 Å². The first kappa shape index (κ1) is 12.5. The first-order valence-electron chi connectivity index (χ1n) is 5.94. The second-order valence-electron chi connectivity index (χ2n) is 4.85. The Morgan fingerprint density at radius 2 is 2.07 bits per heavy atom. The molecule has 0 amide bonds. The molecular formula is C12H23N3. The average molecular weight is 209 g/mol. The van der Waals surface area contributed by atoms with E-state index in [1.54, 1.807) is 0 Å². The maximum Gasteiger partial charge on any atom is 0.0672 e. The fourth-order valence-electron chi connectivity index (χ4n) is 2.03. The summed E-state index contributed by atoms with van der Waals surface area (Å²) >= 11 is 0. The molecule has 1 rings (SSSR count). The minimum Gasteiger partial charge on any atom is -0.311 e. The molecule has 1 fully saturated rings. The molecule has 0 saturated heterocycles. The molecule has 0 aromatic heterocycles. The van der Waals surface area contributed by atoms with Crippen LogP contribution in [-0.2, 0) is 0 Å². The number of likely N-dealkylation sites (N-methyl/N-ethyl adjacent to an activating group) is 1. The van der Waals surface area contributed by atoms with Crippen LogP contribution in [0.25, 0.3) is 0 Å². The largest absolute Gasteiger partial charge is 0.311 e. The molecule has 0 heterocycles. The van der Waals surface area contributed by atoms with E-state index >= 15 is 0 Å². The minimum atomic E-state index is 0.230. The molecule has 86 valence electrons. The van der Waals surface area contributed by atoms with Gasteiger partial charge in [0.2, 0.25) is 0 Å². The molecule has 3 atom stereocenters. The zero-order chi connectivity index (χ0) is 11.3. The fourth-order valence-corrected chi connectivity index (χ4v) is 2.03. The standard InChI is InChI=1S/C12H23N3/c1-10(15(2)3)9-14-12-7-5-4-6-11(12)8-13/h10-12,14H,4-7,9H2,1-3H3. The molecule has 3 unspecified atom stereocenters. The summed E-state index contributed by atoms with van der Waals surface area (Å²) < 4.78 is 0. The summed E-state index contributed by atoms with van der Waals surface area (Å²) in [6.45, 7) is 3.19. The van der Waals surface area contributed by atoms with Gasteiger partial charge in [-0.25, -0.2) is 0 Å². The SMILES string of the molecule is CC(CNC1CCCCC1C#N)N(C)C. The summed E-state index contributed by atoms with van der Waals surface area (Å²) in [5, 5.41) is 12.6. The van der Waals surface area contributed by atoms with E-state index in [0.29, 0.717) is 12.1 Å². The summed E-state index contributed by atoms with van der Waals surface area (Å²) in [6, 6.07) is 3.39. The summed E-state index contributed by atoms with van der Waals surface area (Å²) in [6.07, 6.45) is 4.73. The van der Waals surface area contributed by atoms with Gasteiger partial charge in [0.05, 0.1) is 12.0 Å². The molecule has 0 bridgehead atoms. The van der Waals surface area contributed by atoms with E-state index in [1.165, 1.54) is 19.3 Å². The van der Waals surface area contributed by atoms with Crippen molar-refractivity contribution in [2.45, 2.75) is 44.7 Å². The van der Waals surface area contributed by atoms with Gasteiger partial charge < -0.3 is 10.2 Å². The van der Waals surface area contributed by atoms with Crippen LogP contribution < -0.4 is 5.32 Å². The van der Waals surface area contributed by atoms with Gasteiger partial charge in [0.15, 0.2) is 0 Å². The Labute approximate surface area is 93.5 Å². The molecule has 1 saturated carbocycles. The Kier molecular flexibility index (Phi) is 5.07. The number of nitrogens with one attached hydrogen (secondary N) is 1. The van der Waals surface area contributed by atoms with Crippen LogP contribution in [-0.4, -0.2) is 37.6 Å². The third-order valence-corrected chi connectivity index (χ3v) is 3.49. The number of hydrogen-bond donors (Lipinski definition) is 1. The van der Waals surface area contributed by atoms with Crippen LogP contribution in [0.1, 0.15) is 32.6 Å². The lowest BCUT2D eigenvalue weighted by Crippen LogP contribution is -2.44. The van der Waals surface area contributed by atoms with Crippen LogP contribution in [0.3, 0.4) is 0 Å². The molecule has 0 radical (unpaired) electrons. The van der Waals surface area contributed by atoms with Gasteiger partial charge in [-0.2, -0.15) is 5.26 Å². The highest BCUT2D eigenvalue weighted by Gasteiger charge is 2.24. The van der Waals surface area contributed by atoms with Gasteiger partial charge in [-0.1, -0.05) is 12.8 Å². The van der Waals surface area contributed by atoms with E-state index in [2.05, 4.69) is 37.3 Å². The van der Waals surface area contributed by atoms with Crippen LogP contribution in [0.2, 0.25) is 0 Å². The highest BCUT2D eigenvalue weighted by atomic mass is 15.1. The molecule has 0 spiro atoms. The van der Waals surface area contributed by atoms with Crippen molar-refractivity contribution in [2.75, 3.05) is 20.6 Å². The van der Waals surface area contributed by atoms with Crippen molar-refractivity contribution in [3.8, 4) is 6.07 Å². The van der Waals surface area contributed by atoms with Gasteiger partial charge in [-0.05, 0) is 33.9 Å². The molecule has 3 nitrogen and oxygen atoms in total. The molecule has 3 heteroatoms. The molecule has 0 aliphatic heterocycles. The number of nitriles is 1. The van der Waals surface area contributed by atoms with Crippen molar-refractivity contribution < 1.29 is 0 Å². The third kappa shape index (κ3) is 3.81. The summed E-state index contributed by atoms with van der Waals surface area (Å²) in [4.78, 5) is 2.21. The Hall–Kier alpha value is -0.590. The van der Waals surface area contributed by atoms with E-state index in [0.717, 1.165) is 13.0 Å². The Balaban J connectivity index is 2.33. The van der Waals surface area contributed by atoms with Gasteiger partial charge in [0, 0.05) is 18.6 Å². The summed E-state index contributed by atoms with van der Waals surface area (Å²) in [5.74, 6) is 0.230. The molecule has 0 aromatic carbocycles. The van der Waals surface area contributed by atoms with Gasteiger partial charge in [0.1, 0.15) is 0 Å². The lowest BCUT2D eigenvalue weighted by molar-refractivity contribution is 0.257. The molecular weight excluding hydrogens is 186 g/mol. The topological polar surface area (TPSA) is 39.1 Å². The monoisotopic (exact) mass is 209 g/mol. The Bertz CT molecular complexity index is 219. The Morgan fingerprint density at radius 1 is 1.40 bits per heavy atom. The summed E-state index contributed by atoms with van der Waals surface area (Å²) in [5.41, 5.74) is 0. The maximum absolute atomic E-state index is 9.04. The lowest BCUT2D eigenvalue weighted by Gasteiger charge is -2.30. The van der Waals surface area contributed by atoms with Crippen LogP contribution >= 0.6 is 0 Å². The first-order valence-corrected chi connectivity index (χ1v) is 5.94. The van der Waals surface area contributed by atoms with Crippen LogP contribution in [0.5, 0.6) is 0 Å². The van der Waals surface area contributed by atoms with E-state index in [-0.39, 0.29) is 5.92 Å². The third-order valence-electron chi connectivity index (χ3n) is 3.49. The molecule has 1 aliphatic rings. The van der Waals surface area contributed by atoms with Gasteiger partial charge in [-0.15, -0.1) is 0 Å². The highest BCUT2D eigenvalue weighted by Crippen LogP contribution is 2.23. The predicted molar refractivity (Wildman–Crippen MR) is 62.5 cm³/mol.